The topological polar surface area (TPSA) is 26.3 Å². The van der Waals surface area contributed by atoms with Crippen molar-refractivity contribution in [2.75, 3.05) is 6.61 Å². The Balaban J connectivity index is 3.03. The van der Waals surface area contributed by atoms with Crippen LogP contribution < -0.4 is 0 Å². The maximum absolute atomic E-state index is 12.6. The Morgan fingerprint density at radius 2 is 1.55 bits per heavy atom. The number of hydrogen-bond acceptors (Lipinski definition) is 2. The molecule has 22 heavy (non-hydrogen) atoms. The molecule has 8 heteroatoms. The quantitative estimate of drug-likeness (QED) is 0.347. The Hall–Kier alpha value is -1.99. The van der Waals surface area contributed by atoms with Crippen LogP contribution in [0.2, 0.25) is 0 Å². The molecule has 0 heterocycles. The number of rotatable bonds is 5. The summed E-state index contributed by atoms with van der Waals surface area (Å²) in [4.78, 5) is 11.4. The van der Waals surface area contributed by atoms with Gasteiger partial charge in [-0.1, -0.05) is 6.08 Å². The predicted octanol–water partition coefficient (Wildman–Crippen LogP) is 4.39. The molecule has 122 valence electrons. The molecule has 0 bridgehead atoms. The van der Waals surface area contributed by atoms with Crippen LogP contribution in [0.5, 0.6) is 0 Å². The third-order valence-corrected chi connectivity index (χ3v) is 2.58. The lowest BCUT2D eigenvalue weighted by atomic mass is 10.0. The maximum atomic E-state index is 12.6. The van der Waals surface area contributed by atoms with Gasteiger partial charge in [-0.3, -0.25) is 4.79 Å². The average Bonchev–Trinajstić information content (AvgIpc) is 2.36. The third-order valence-electron chi connectivity index (χ3n) is 2.58. The van der Waals surface area contributed by atoms with Crippen molar-refractivity contribution in [3.63, 3.8) is 0 Å². The van der Waals surface area contributed by atoms with Gasteiger partial charge in [-0.2, -0.15) is 26.3 Å². The first-order valence-corrected chi connectivity index (χ1v) is 6.09. The van der Waals surface area contributed by atoms with Gasteiger partial charge in [0.15, 0.2) is 0 Å². The Labute approximate surface area is 122 Å². The van der Waals surface area contributed by atoms with Crippen LogP contribution in [0.15, 0.2) is 30.9 Å². The highest BCUT2D eigenvalue weighted by molar-refractivity contribution is 5.72. The van der Waals surface area contributed by atoms with Crippen LogP contribution in [-0.4, -0.2) is 12.6 Å². The molecule has 0 radical (unpaired) electrons. The molecule has 2 nitrogen and oxygen atoms in total. The number of esters is 1. The van der Waals surface area contributed by atoms with E-state index < -0.39 is 41.4 Å². The Bertz CT molecular complexity index is 513. The number of ether oxygens (including phenoxy) is 1. The number of carbonyl (C=O) groups excluding carboxylic acids is 1. The van der Waals surface area contributed by atoms with E-state index >= 15 is 0 Å². The van der Waals surface area contributed by atoms with E-state index in [4.69, 9.17) is 0 Å². The third kappa shape index (κ3) is 5.42. The van der Waals surface area contributed by atoms with E-state index in [1.54, 1.807) is 0 Å². The molecule has 0 N–H and O–H groups in total. The highest BCUT2D eigenvalue weighted by Gasteiger charge is 2.37. The highest BCUT2D eigenvalue weighted by Crippen LogP contribution is 2.36. The molecule has 0 unspecified atom stereocenters. The number of alkyl halides is 6. The fourth-order valence-corrected chi connectivity index (χ4v) is 1.60. The molecule has 0 aliphatic heterocycles. The SMILES string of the molecule is C=CCCOC(=O)Cc1cc(C(F)(F)F)cc(C(F)(F)F)c1. The van der Waals surface area contributed by atoms with Crippen molar-refractivity contribution in [2.24, 2.45) is 0 Å². The largest absolute Gasteiger partial charge is 0.465 e. The molecule has 1 aromatic carbocycles. The first-order chi connectivity index (χ1) is 10.0. The summed E-state index contributed by atoms with van der Waals surface area (Å²) in [6.07, 6.45) is -8.77. The van der Waals surface area contributed by atoms with Gasteiger partial charge in [-0.15, -0.1) is 6.58 Å². The van der Waals surface area contributed by atoms with Crippen LogP contribution >= 0.6 is 0 Å². The summed E-state index contributed by atoms with van der Waals surface area (Å²) in [6.45, 7) is 3.34. The second-order valence-corrected chi connectivity index (χ2v) is 4.39. The van der Waals surface area contributed by atoms with Crippen LogP contribution in [0.4, 0.5) is 26.3 Å². The molecule has 0 atom stereocenters. The van der Waals surface area contributed by atoms with E-state index in [2.05, 4.69) is 11.3 Å². The van der Waals surface area contributed by atoms with E-state index in [1.165, 1.54) is 6.08 Å². The summed E-state index contributed by atoms with van der Waals surface area (Å²) < 4.78 is 80.4. The Morgan fingerprint density at radius 3 is 1.95 bits per heavy atom. The zero-order valence-electron chi connectivity index (χ0n) is 11.2. The van der Waals surface area contributed by atoms with Crippen molar-refractivity contribution in [3.8, 4) is 0 Å². The fourth-order valence-electron chi connectivity index (χ4n) is 1.60. The lowest BCUT2D eigenvalue weighted by Gasteiger charge is -2.14. The van der Waals surface area contributed by atoms with Gasteiger partial charge in [-0.25, -0.2) is 0 Å². The van der Waals surface area contributed by atoms with Gasteiger partial charge >= 0.3 is 18.3 Å². The number of halogens is 6. The van der Waals surface area contributed by atoms with Crippen molar-refractivity contribution in [1.29, 1.82) is 0 Å². The van der Waals surface area contributed by atoms with E-state index in [0.717, 1.165) is 0 Å². The average molecular weight is 326 g/mol. The molecule has 0 saturated carbocycles. The van der Waals surface area contributed by atoms with Crippen LogP contribution in [-0.2, 0) is 28.3 Å². The molecule has 0 saturated heterocycles. The molecular weight excluding hydrogens is 314 g/mol. The molecule has 0 aliphatic carbocycles. The first-order valence-electron chi connectivity index (χ1n) is 6.09. The van der Waals surface area contributed by atoms with Crippen LogP contribution in [0.3, 0.4) is 0 Å². The van der Waals surface area contributed by atoms with E-state index in [1.807, 2.05) is 0 Å². The number of carbonyl (C=O) groups is 1. The van der Waals surface area contributed by atoms with Crippen molar-refractivity contribution < 1.29 is 35.9 Å². The summed E-state index contributed by atoms with van der Waals surface area (Å²) in [5.41, 5.74) is -3.34. The highest BCUT2D eigenvalue weighted by atomic mass is 19.4. The lowest BCUT2D eigenvalue weighted by Crippen LogP contribution is -2.14. The predicted molar refractivity (Wildman–Crippen MR) is 65.9 cm³/mol. The zero-order chi connectivity index (χ0) is 17.0. The monoisotopic (exact) mass is 326 g/mol. The molecular formula is C14H12F6O2. The number of benzene rings is 1. The van der Waals surface area contributed by atoms with Gasteiger partial charge in [0.2, 0.25) is 0 Å². The lowest BCUT2D eigenvalue weighted by molar-refractivity contribution is -0.145. The second kappa shape index (κ2) is 6.85. The van der Waals surface area contributed by atoms with Gasteiger partial charge in [0.25, 0.3) is 0 Å². The Kier molecular flexibility index (Phi) is 5.62. The summed E-state index contributed by atoms with van der Waals surface area (Å²) in [6, 6.07) is 1.01. The van der Waals surface area contributed by atoms with Gasteiger partial charge in [0.05, 0.1) is 24.2 Å². The minimum absolute atomic E-state index is 0.00649. The molecule has 0 amide bonds. The second-order valence-electron chi connectivity index (χ2n) is 4.39. The fraction of sp³-hybridized carbons (Fsp3) is 0.357. The molecule has 0 aromatic heterocycles. The van der Waals surface area contributed by atoms with Crippen LogP contribution in [0.1, 0.15) is 23.1 Å². The van der Waals surface area contributed by atoms with Crippen molar-refractivity contribution >= 4 is 5.97 Å². The van der Waals surface area contributed by atoms with Crippen molar-refractivity contribution in [3.05, 3.63) is 47.5 Å². The summed E-state index contributed by atoms with van der Waals surface area (Å²) in [7, 11) is 0. The smallest absolute Gasteiger partial charge is 0.416 e. The molecule has 1 aromatic rings. The van der Waals surface area contributed by atoms with Crippen molar-refractivity contribution in [1.82, 2.24) is 0 Å². The van der Waals surface area contributed by atoms with Gasteiger partial charge in [0.1, 0.15) is 0 Å². The summed E-state index contributed by atoms with van der Waals surface area (Å²) >= 11 is 0. The van der Waals surface area contributed by atoms with E-state index in [-0.39, 0.29) is 12.7 Å². The first kappa shape index (κ1) is 18.1. The minimum Gasteiger partial charge on any atom is -0.465 e. The van der Waals surface area contributed by atoms with Crippen LogP contribution in [0.25, 0.3) is 0 Å². The van der Waals surface area contributed by atoms with E-state index in [0.29, 0.717) is 18.6 Å². The Morgan fingerprint density at radius 1 is 1.05 bits per heavy atom. The van der Waals surface area contributed by atoms with Gasteiger partial charge in [-0.05, 0) is 30.2 Å². The maximum Gasteiger partial charge on any atom is 0.416 e. The normalized spacial score (nSPS) is 12.1. The van der Waals surface area contributed by atoms with Gasteiger partial charge in [0, 0.05) is 0 Å². The molecule has 0 aliphatic rings. The van der Waals surface area contributed by atoms with Crippen molar-refractivity contribution in [2.45, 2.75) is 25.2 Å². The van der Waals surface area contributed by atoms with Gasteiger partial charge < -0.3 is 4.74 Å². The van der Waals surface area contributed by atoms with E-state index in [9.17, 15) is 31.1 Å². The molecule has 0 spiro atoms. The minimum atomic E-state index is -4.94. The standard InChI is InChI=1S/C14H12F6O2/c1-2-3-4-22-12(21)7-9-5-10(13(15,16)17)8-11(6-9)14(18,19)20/h2,5-6,8H,1,3-4,7H2. The molecule has 0 fully saturated rings. The number of hydrogen-bond donors (Lipinski definition) is 0. The van der Waals surface area contributed by atoms with Crippen LogP contribution in [0, 0.1) is 0 Å². The summed E-state index contributed by atoms with van der Waals surface area (Å²) in [5.74, 6) is -0.908. The zero-order valence-corrected chi connectivity index (χ0v) is 11.2. The summed E-state index contributed by atoms with van der Waals surface area (Å²) in [5, 5.41) is 0. The molecule has 1 rings (SSSR count).